The standard InChI is InChI=1S/C22H18N2O4S/c1-28-16-6-3-2-5-15(16)13-24-19(17-7-4-12-29-17)18(21(26)22(24)27)20(25)14-8-10-23-11-9-14/h2-12,19,25H,13H2,1H3/b20-18-. The molecule has 1 saturated heterocycles. The van der Waals surface area contributed by atoms with E-state index in [0.29, 0.717) is 11.3 Å². The summed E-state index contributed by atoms with van der Waals surface area (Å²) in [5.74, 6) is -0.919. The van der Waals surface area contributed by atoms with Crippen LogP contribution >= 0.6 is 11.3 Å². The average Bonchev–Trinajstić information content (AvgIpc) is 3.37. The first-order valence-corrected chi connectivity index (χ1v) is 9.84. The van der Waals surface area contributed by atoms with Crippen LogP contribution in [0.3, 0.4) is 0 Å². The second kappa shape index (κ2) is 7.89. The summed E-state index contributed by atoms with van der Waals surface area (Å²) < 4.78 is 5.40. The van der Waals surface area contributed by atoms with E-state index in [-0.39, 0.29) is 17.9 Å². The van der Waals surface area contributed by atoms with Crippen molar-refractivity contribution in [2.75, 3.05) is 7.11 Å². The number of benzene rings is 1. The quantitative estimate of drug-likeness (QED) is 0.396. The number of aromatic nitrogens is 1. The molecule has 1 aliphatic heterocycles. The molecule has 29 heavy (non-hydrogen) atoms. The summed E-state index contributed by atoms with van der Waals surface area (Å²) in [7, 11) is 1.56. The monoisotopic (exact) mass is 406 g/mol. The van der Waals surface area contributed by atoms with E-state index in [1.807, 2.05) is 41.8 Å². The SMILES string of the molecule is COc1ccccc1CN1C(=O)C(=O)/C(=C(\O)c2ccncc2)C1c1cccs1. The number of ether oxygens (including phenoxy) is 1. The van der Waals surface area contributed by atoms with Crippen LogP contribution < -0.4 is 4.74 Å². The van der Waals surface area contributed by atoms with Gasteiger partial charge in [0.1, 0.15) is 11.5 Å². The maximum Gasteiger partial charge on any atom is 0.295 e. The molecule has 0 aliphatic carbocycles. The number of carbonyl (C=O) groups excluding carboxylic acids is 2. The van der Waals surface area contributed by atoms with Gasteiger partial charge in [0, 0.05) is 28.4 Å². The van der Waals surface area contributed by atoms with Gasteiger partial charge < -0.3 is 14.7 Å². The maximum absolute atomic E-state index is 12.9. The fourth-order valence-electron chi connectivity index (χ4n) is 3.47. The van der Waals surface area contributed by atoms with E-state index in [1.165, 1.54) is 28.6 Å². The number of Topliss-reactive ketones (excluding diaryl/α,β-unsaturated/α-hetero) is 1. The van der Waals surface area contributed by atoms with Gasteiger partial charge in [-0.25, -0.2) is 0 Å². The van der Waals surface area contributed by atoms with Crippen molar-refractivity contribution in [2.45, 2.75) is 12.6 Å². The maximum atomic E-state index is 12.9. The molecule has 1 unspecified atom stereocenters. The molecule has 0 radical (unpaired) electrons. The number of rotatable bonds is 5. The van der Waals surface area contributed by atoms with Gasteiger partial charge in [-0.1, -0.05) is 24.3 Å². The highest BCUT2D eigenvalue weighted by Gasteiger charge is 2.46. The van der Waals surface area contributed by atoms with Crippen LogP contribution in [-0.4, -0.2) is 33.8 Å². The normalized spacial score (nSPS) is 18.2. The number of likely N-dealkylation sites (tertiary alicyclic amines) is 1. The first-order chi connectivity index (χ1) is 14.1. The van der Waals surface area contributed by atoms with E-state index < -0.39 is 17.7 Å². The third-order valence-corrected chi connectivity index (χ3v) is 5.76. The Labute approximate surface area is 171 Å². The summed E-state index contributed by atoms with van der Waals surface area (Å²) in [4.78, 5) is 32.1. The Hall–Kier alpha value is -3.45. The van der Waals surface area contributed by atoms with Gasteiger partial charge in [-0.15, -0.1) is 11.3 Å². The molecule has 3 heterocycles. The summed E-state index contributed by atoms with van der Waals surface area (Å²) in [6.45, 7) is 0.185. The van der Waals surface area contributed by atoms with Crippen molar-refractivity contribution in [1.29, 1.82) is 0 Å². The molecular weight excluding hydrogens is 388 g/mol. The lowest BCUT2D eigenvalue weighted by molar-refractivity contribution is -0.140. The van der Waals surface area contributed by atoms with Gasteiger partial charge in [-0.2, -0.15) is 0 Å². The fourth-order valence-corrected chi connectivity index (χ4v) is 4.31. The Morgan fingerprint density at radius 3 is 2.59 bits per heavy atom. The lowest BCUT2D eigenvalue weighted by atomic mass is 10.0. The minimum absolute atomic E-state index is 0.0820. The highest BCUT2D eigenvalue weighted by molar-refractivity contribution is 7.10. The van der Waals surface area contributed by atoms with Crippen molar-refractivity contribution >= 4 is 28.8 Å². The van der Waals surface area contributed by atoms with Gasteiger partial charge in [-0.3, -0.25) is 14.6 Å². The molecule has 4 rings (SSSR count). The first-order valence-electron chi connectivity index (χ1n) is 8.96. The Balaban J connectivity index is 1.83. The molecule has 0 spiro atoms. The summed E-state index contributed by atoms with van der Waals surface area (Å²) in [5.41, 5.74) is 1.30. The molecule has 1 aromatic carbocycles. The van der Waals surface area contributed by atoms with Crippen molar-refractivity contribution in [1.82, 2.24) is 9.88 Å². The van der Waals surface area contributed by atoms with Gasteiger partial charge in [0.15, 0.2) is 0 Å². The molecule has 7 heteroatoms. The average molecular weight is 406 g/mol. The summed E-state index contributed by atoms with van der Waals surface area (Å²) in [6, 6.07) is 13.6. The molecule has 0 saturated carbocycles. The number of nitrogens with zero attached hydrogens (tertiary/aromatic N) is 2. The number of amides is 1. The molecule has 1 atom stereocenters. The minimum Gasteiger partial charge on any atom is -0.507 e. The van der Waals surface area contributed by atoms with Crippen molar-refractivity contribution < 1.29 is 19.4 Å². The van der Waals surface area contributed by atoms with Gasteiger partial charge in [0.25, 0.3) is 11.7 Å². The van der Waals surface area contributed by atoms with Crippen LogP contribution in [0.4, 0.5) is 0 Å². The lowest BCUT2D eigenvalue weighted by Crippen LogP contribution is -2.29. The van der Waals surface area contributed by atoms with Gasteiger partial charge >= 0.3 is 0 Å². The molecule has 6 nitrogen and oxygen atoms in total. The molecule has 1 N–H and O–H groups in total. The zero-order valence-corrected chi connectivity index (χ0v) is 16.4. The number of aliphatic hydroxyl groups excluding tert-OH is 1. The van der Waals surface area contributed by atoms with E-state index in [4.69, 9.17) is 4.74 Å². The van der Waals surface area contributed by atoms with Crippen molar-refractivity contribution in [3.05, 3.63) is 87.9 Å². The molecule has 3 aromatic rings. The third kappa shape index (κ3) is 3.40. The van der Waals surface area contributed by atoms with E-state index in [0.717, 1.165) is 10.4 Å². The summed E-state index contributed by atoms with van der Waals surface area (Å²) in [5, 5.41) is 12.8. The van der Waals surface area contributed by atoms with Crippen LogP contribution in [0.5, 0.6) is 5.75 Å². The van der Waals surface area contributed by atoms with Crippen LogP contribution in [0.1, 0.15) is 22.0 Å². The number of carbonyl (C=O) groups is 2. The Morgan fingerprint density at radius 1 is 1.14 bits per heavy atom. The van der Waals surface area contributed by atoms with E-state index in [1.54, 1.807) is 19.2 Å². The highest BCUT2D eigenvalue weighted by atomic mass is 32.1. The second-order valence-corrected chi connectivity index (χ2v) is 7.47. The van der Waals surface area contributed by atoms with Crippen LogP contribution in [0.2, 0.25) is 0 Å². The highest BCUT2D eigenvalue weighted by Crippen LogP contribution is 2.42. The smallest absolute Gasteiger partial charge is 0.295 e. The second-order valence-electron chi connectivity index (χ2n) is 6.49. The number of hydrogen-bond donors (Lipinski definition) is 1. The molecule has 146 valence electrons. The number of aliphatic hydroxyl groups is 1. The topological polar surface area (TPSA) is 79.7 Å². The van der Waals surface area contributed by atoms with Crippen LogP contribution in [0, 0.1) is 0 Å². The Morgan fingerprint density at radius 2 is 1.90 bits per heavy atom. The van der Waals surface area contributed by atoms with Crippen LogP contribution in [-0.2, 0) is 16.1 Å². The summed E-state index contributed by atoms with van der Waals surface area (Å²) >= 11 is 1.43. The largest absolute Gasteiger partial charge is 0.507 e. The third-order valence-electron chi connectivity index (χ3n) is 4.84. The van der Waals surface area contributed by atoms with Gasteiger partial charge in [-0.05, 0) is 29.6 Å². The molecule has 1 aliphatic rings. The number of pyridine rings is 1. The van der Waals surface area contributed by atoms with Gasteiger partial charge in [0.05, 0.1) is 25.3 Å². The molecule has 1 amide bonds. The van der Waals surface area contributed by atoms with Crippen LogP contribution in [0.25, 0.3) is 5.76 Å². The van der Waals surface area contributed by atoms with E-state index in [2.05, 4.69) is 4.98 Å². The minimum atomic E-state index is -0.701. The predicted octanol–water partition coefficient (Wildman–Crippen LogP) is 3.77. The number of hydrogen-bond acceptors (Lipinski definition) is 6. The van der Waals surface area contributed by atoms with Crippen molar-refractivity contribution in [3.63, 3.8) is 0 Å². The first kappa shape index (κ1) is 18.9. The summed E-state index contributed by atoms with van der Waals surface area (Å²) in [6.07, 6.45) is 3.06. The molecule has 0 bridgehead atoms. The molecular formula is C22H18N2O4S. The van der Waals surface area contributed by atoms with E-state index >= 15 is 0 Å². The van der Waals surface area contributed by atoms with E-state index in [9.17, 15) is 14.7 Å². The van der Waals surface area contributed by atoms with Gasteiger partial charge in [0.2, 0.25) is 0 Å². The zero-order chi connectivity index (χ0) is 20.4. The lowest BCUT2D eigenvalue weighted by Gasteiger charge is -2.25. The Kier molecular flexibility index (Phi) is 5.14. The Bertz CT molecular complexity index is 1080. The van der Waals surface area contributed by atoms with Crippen molar-refractivity contribution in [3.8, 4) is 5.75 Å². The van der Waals surface area contributed by atoms with Crippen LogP contribution in [0.15, 0.2) is 71.9 Å². The fraction of sp³-hybridized carbons (Fsp3) is 0.136. The molecule has 2 aromatic heterocycles. The molecule has 1 fully saturated rings. The van der Waals surface area contributed by atoms with Crippen molar-refractivity contribution in [2.24, 2.45) is 0 Å². The number of methoxy groups -OCH3 is 1. The number of para-hydroxylation sites is 1. The number of ketones is 1. The zero-order valence-electron chi connectivity index (χ0n) is 15.6. The number of thiophene rings is 1. The predicted molar refractivity (Wildman–Crippen MR) is 109 cm³/mol.